The molecular weight excluding hydrogens is 639 g/mol. The topological polar surface area (TPSA) is 76.5 Å². The largest absolute Gasteiger partial charge is 0.489 e. The van der Waals surface area contributed by atoms with E-state index in [4.69, 9.17) is 4.74 Å². The molecule has 0 aliphatic carbocycles. The Morgan fingerprint density at radius 1 is 0.800 bits per heavy atom. The van der Waals surface area contributed by atoms with E-state index in [-0.39, 0.29) is 41.7 Å². The number of carbonyl (C=O) groups is 2. The molecule has 0 bridgehead atoms. The lowest BCUT2D eigenvalue weighted by Gasteiger charge is -2.26. The number of ether oxygens (including phenoxy) is 1. The highest BCUT2D eigenvalue weighted by Crippen LogP contribution is 2.40. The number of carboxylic acid groups (broad SMARTS) is 1. The Labute approximate surface area is 289 Å². The van der Waals surface area contributed by atoms with E-state index in [0.29, 0.717) is 40.8 Å². The second kappa shape index (κ2) is 15.6. The summed E-state index contributed by atoms with van der Waals surface area (Å²) in [6, 6.07) is 26.2. The average molecular weight is 674 g/mol. The van der Waals surface area contributed by atoms with Gasteiger partial charge in [0.05, 0.1) is 11.1 Å². The number of halogens is 3. The molecule has 0 saturated carbocycles. The molecule has 0 fully saturated rings. The lowest BCUT2D eigenvalue weighted by molar-refractivity contribution is -0.143. The number of alkyl halides is 3. The molecule has 0 radical (unpaired) electrons. The van der Waals surface area contributed by atoms with Gasteiger partial charge in [-0.25, -0.2) is 0 Å². The summed E-state index contributed by atoms with van der Waals surface area (Å²) in [6.07, 6.45) is -1.96. The molecule has 252 valence electrons. The van der Waals surface area contributed by atoms with Gasteiger partial charge in [-0.15, -0.1) is 23.7 Å². The molecule has 0 unspecified atom stereocenters. The van der Waals surface area contributed by atoms with Crippen LogP contribution in [0.4, 0.5) is 13.2 Å². The zero-order valence-corrected chi connectivity index (χ0v) is 27.6. The van der Waals surface area contributed by atoms with Gasteiger partial charge in [0.1, 0.15) is 17.8 Å². The van der Waals surface area contributed by atoms with E-state index in [2.05, 4.69) is 28.7 Å². The first kappa shape index (κ1) is 35.4. The molecule has 5 nitrogen and oxygen atoms in total. The Morgan fingerprint density at radius 3 is 2.08 bits per heavy atom. The van der Waals surface area contributed by atoms with E-state index in [1.807, 2.05) is 13.8 Å². The Hall–Kier alpha value is -5.86. The Kier molecular flexibility index (Phi) is 11.0. The number of nitrogens with zero attached hydrogens (tertiary/aromatic N) is 1. The van der Waals surface area contributed by atoms with Crippen LogP contribution in [0.3, 0.4) is 0 Å². The minimum absolute atomic E-state index is 0.125. The van der Waals surface area contributed by atoms with Gasteiger partial charge in [0.25, 0.3) is 0 Å². The molecule has 1 heterocycles. The SMILES string of the molecule is CCC#CCC(CC#CCC)(C(=O)O)c1ccc(COc2cccc(-c3c(C(=O)c4ccccc4)cnc4c(C(F)(F)F)cccc34)c2)cc1. The second-order valence-electron chi connectivity index (χ2n) is 11.6. The molecule has 0 aliphatic heterocycles. The van der Waals surface area contributed by atoms with Crippen molar-refractivity contribution in [1.29, 1.82) is 0 Å². The number of fused-ring (bicyclic) bond motifs is 1. The number of carboxylic acids is 1. The molecule has 50 heavy (non-hydrogen) atoms. The van der Waals surface area contributed by atoms with E-state index >= 15 is 0 Å². The van der Waals surface area contributed by atoms with Gasteiger partial charge in [0.15, 0.2) is 5.78 Å². The van der Waals surface area contributed by atoms with Crippen molar-refractivity contribution in [3.8, 4) is 40.6 Å². The van der Waals surface area contributed by atoms with Crippen molar-refractivity contribution in [2.75, 3.05) is 0 Å². The number of aromatic nitrogens is 1. The maximum Gasteiger partial charge on any atom is 0.418 e. The number of pyridine rings is 1. The van der Waals surface area contributed by atoms with Crippen molar-refractivity contribution in [1.82, 2.24) is 4.98 Å². The van der Waals surface area contributed by atoms with Crippen molar-refractivity contribution >= 4 is 22.7 Å². The van der Waals surface area contributed by atoms with E-state index < -0.39 is 23.1 Å². The van der Waals surface area contributed by atoms with Gasteiger partial charge < -0.3 is 9.84 Å². The molecule has 0 aliphatic rings. The van der Waals surface area contributed by atoms with Crippen LogP contribution in [-0.4, -0.2) is 21.8 Å². The lowest BCUT2D eigenvalue weighted by Crippen LogP contribution is -2.35. The molecule has 0 atom stereocenters. The van der Waals surface area contributed by atoms with Gasteiger partial charge >= 0.3 is 12.1 Å². The van der Waals surface area contributed by atoms with Crippen LogP contribution in [-0.2, 0) is 23.0 Å². The highest BCUT2D eigenvalue weighted by Gasteiger charge is 2.39. The van der Waals surface area contributed by atoms with Crippen LogP contribution in [0.5, 0.6) is 5.75 Å². The Balaban J connectivity index is 1.49. The molecule has 4 aromatic carbocycles. The normalized spacial score (nSPS) is 11.2. The van der Waals surface area contributed by atoms with Gasteiger partial charge in [-0.2, -0.15) is 13.2 Å². The number of aliphatic carboxylic acids is 1. The first-order chi connectivity index (χ1) is 24.1. The summed E-state index contributed by atoms with van der Waals surface area (Å²) in [5.74, 6) is 11.0. The van der Waals surface area contributed by atoms with Crippen molar-refractivity contribution < 1.29 is 32.6 Å². The van der Waals surface area contributed by atoms with E-state index in [9.17, 15) is 27.9 Å². The number of hydrogen-bond acceptors (Lipinski definition) is 4. The molecule has 8 heteroatoms. The highest BCUT2D eigenvalue weighted by molar-refractivity contribution is 6.16. The highest BCUT2D eigenvalue weighted by atomic mass is 19.4. The van der Waals surface area contributed by atoms with Crippen LogP contribution in [0.15, 0.2) is 103 Å². The fraction of sp³-hybridized carbons (Fsp3) is 0.214. The lowest BCUT2D eigenvalue weighted by atomic mass is 9.75. The molecule has 1 N–H and O–H groups in total. The van der Waals surface area contributed by atoms with Gasteiger partial charge in [-0.1, -0.05) is 92.7 Å². The Bertz CT molecular complexity index is 2110. The van der Waals surface area contributed by atoms with Crippen molar-refractivity contribution in [2.45, 2.75) is 57.7 Å². The van der Waals surface area contributed by atoms with E-state index in [1.54, 1.807) is 78.9 Å². The van der Waals surface area contributed by atoms with Crippen LogP contribution in [0, 0.1) is 23.7 Å². The maximum absolute atomic E-state index is 14.0. The Morgan fingerprint density at radius 2 is 1.46 bits per heavy atom. The minimum Gasteiger partial charge on any atom is -0.489 e. The van der Waals surface area contributed by atoms with E-state index in [1.165, 1.54) is 18.3 Å². The molecular formula is C42H34F3NO4. The standard InChI is InChI=1S/C42H34F3NO4/c1-3-5-10-24-41(40(48)49,25-11-6-4-2)32-22-20-29(21-23-32)28-50-33-17-12-16-31(26-33)37-34-18-13-19-36(42(43,44)45)38(34)46-27-35(37)39(47)30-14-8-7-9-15-30/h7-9,12-23,26-27H,3-4,24-25,28H2,1-2H3,(H,48,49). The zero-order valence-electron chi connectivity index (χ0n) is 27.6. The van der Waals surface area contributed by atoms with Crippen LogP contribution >= 0.6 is 0 Å². The molecule has 0 spiro atoms. The summed E-state index contributed by atoms with van der Waals surface area (Å²) in [5, 5.41) is 10.5. The van der Waals surface area contributed by atoms with Gasteiger partial charge in [-0.3, -0.25) is 14.6 Å². The van der Waals surface area contributed by atoms with Crippen LogP contribution in [0.25, 0.3) is 22.0 Å². The minimum atomic E-state index is -4.65. The summed E-state index contributed by atoms with van der Waals surface area (Å²) in [5.41, 5.74) is 0.240. The molecule has 0 saturated heterocycles. The third-order valence-electron chi connectivity index (χ3n) is 8.31. The zero-order chi connectivity index (χ0) is 35.7. The number of carbonyl (C=O) groups excluding carboxylic acids is 1. The predicted molar refractivity (Wildman–Crippen MR) is 188 cm³/mol. The number of para-hydroxylation sites is 1. The maximum atomic E-state index is 14.0. The summed E-state index contributed by atoms with van der Waals surface area (Å²) in [6.45, 7) is 3.94. The van der Waals surface area contributed by atoms with Gasteiger partial charge in [-0.05, 0) is 34.9 Å². The first-order valence-electron chi connectivity index (χ1n) is 16.1. The number of benzene rings is 4. The fourth-order valence-corrected chi connectivity index (χ4v) is 5.73. The molecule has 5 aromatic rings. The monoisotopic (exact) mass is 673 g/mol. The van der Waals surface area contributed by atoms with Crippen molar-refractivity contribution in [3.05, 3.63) is 131 Å². The number of hydrogen-bond donors (Lipinski definition) is 1. The average Bonchev–Trinajstić information content (AvgIpc) is 3.12. The summed E-state index contributed by atoms with van der Waals surface area (Å²) in [4.78, 5) is 30.4. The number of rotatable bonds is 10. The third-order valence-corrected chi connectivity index (χ3v) is 8.31. The summed E-state index contributed by atoms with van der Waals surface area (Å²) < 4.78 is 48.1. The molecule has 5 rings (SSSR count). The van der Waals surface area contributed by atoms with Crippen LogP contribution in [0.1, 0.15) is 72.1 Å². The van der Waals surface area contributed by atoms with Crippen LogP contribution in [0.2, 0.25) is 0 Å². The summed E-state index contributed by atoms with van der Waals surface area (Å²) >= 11 is 0. The first-order valence-corrected chi connectivity index (χ1v) is 16.1. The van der Waals surface area contributed by atoms with E-state index in [0.717, 1.165) is 11.6 Å². The van der Waals surface area contributed by atoms with Gasteiger partial charge in [0, 0.05) is 54.0 Å². The predicted octanol–water partition coefficient (Wildman–Crippen LogP) is 9.66. The fourth-order valence-electron chi connectivity index (χ4n) is 5.73. The van der Waals surface area contributed by atoms with Crippen molar-refractivity contribution in [3.63, 3.8) is 0 Å². The molecule has 0 amide bonds. The third kappa shape index (κ3) is 7.72. The smallest absolute Gasteiger partial charge is 0.418 e. The summed E-state index contributed by atoms with van der Waals surface area (Å²) in [7, 11) is 0. The number of ketones is 1. The van der Waals surface area contributed by atoms with Gasteiger partial charge in [0.2, 0.25) is 0 Å². The molecule has 1 aromatic heterocycles. The quantitative estimate of drug-likeness (QED) is 0.118. The van der Waals surface area contributed by atoms with Crippen LogP contribution < -0.4 is 4.74 Å². The second-order valence-corrected chi connectivity index (χ2v) is 11.6. The van der Waals surface area contributed by atoms with Crippen molar-refractivity contribution in [2.24, 2.45) is 0 Å².